The van der Waals surface area contributed by atoms with Crippen molar-refractivity contribution in [2.45, 2.75) is 19.4 Å². The van der Waals surface area contributed by atoms with Crippen LogP contribution >= 0.6 is 0 Å². The molecule has 132 valence electrons. The minimum Gasteiger partial charge on any atom is -0.379 e. The molecule has 2 aromatic rings. The van der Waals surface area contributed by atoms with Gasteiger partial charge in [0.2, 0.25) is 0 Å². The summed E-state index contributed by atoms with van der Waals surface area (Å²) in [6, 6.07) is 5.38. The number of aromatic nitrogens is 3. The molecule has 0 saturated carbocycles. The lowest BCUT2D eigenvalue weighted by molar-refractivity contribution is 0.0269. The van der Waals surface area contributed by atoms with Crippen molar-refractivity contribution in [3.8, 4) is 11.3 Å². The summed E-state index contributed by atoms with van der Waals surface area (Å²) in [6.07, 6.45) is 4.83. The first-order chi connectivity index (χ1) is 12.0. The number of nitrogens with one attached hydrogen (secondary N) is 1. The van der Waals surface area contributed by atoms with E-state index in [1.54, 1.807) is 18.5 Å². The summed E-state index contributed by atoms with van der Waals surface area (Å²) in [6.45, 7) is 8.08. The maximum Gasteiger partial charge on any atom is 0.270 e. The molecule has 0 unspecified atom stereocenters. The van der Waals surface area contributed by atoms with Crippen LogP contribution in [0.4, 0.5) is 0 Å². The van der Waals surface area contributed by atoms with Gasteiger partial charge in [-0.05, 0) is 26.0 Å². The molecule has 0 aromatic carbocycles. The Hall–Kier alpha value is -2.38. The Morgan fingerprint density at radius 3 is 2.68 bits per heavy atom. The monoisotopic (exact) mass is 341 g/mol. The highest BCUT2D eigenvalue weighted by Gasteiger charge is 2.26. The van der Waals surface area contributed by atoms with Crippen molar-refractivity contribution < 1.29 is 9.53 Å². The van der Waals surface area contributed by atoms with Gasteiger partial charge in [0, 0.05) is 43.1 Å². The summed E-state index contributed by atoms with van der Waals surface area (Å²) >= 11 is 0. The second-order valence-corrected chi connectivity index (χ2v) is 6.76. The Balaban J connectivity index is 1.68. The van der Waals surface area contributed by atoms with E-state index in [0.29, 0.717) is 11.4 Å². The molecule has 0 atom stereocenters. The minimum absolute atomic E-state index is 0.183. The summed E-state index contributed by atoms with van der Waals surface area (Å²) in [7, 11) is 0. The summed E-state index contributed by atoms with van der Waals surface area (Å²) in [5, 5.41) is 3.08. The molecule has 0 radical (unpaired) electrons. The SMILES string of the molecule is CC(C)(CN1CCOCC1)NC(=O)c1cccc(-c2cncnc2)n1. The first kappa shape index (κ1) is 17.4. The van der Waals surface area contributed by atoms with E-state index in [-0.39, 0.29) is 11.4 Å². The molecule has 7 heteroatoms. The van der Waals surface area contributed by atoms with Crippen LogP contribution in [0, 0.1) is 0 Å². The maximum atomic E-state index is 12.6. The van der Waals surface area contributed by atoms with Crippen molar-refractivity contribution in [1.82, 2.24) is 25.2 Å². The molecule has 7 nitrogen and oxygen atoms in total. The van der Waals surface area contributed by atoms with Crippen molar-refractivity contribution in [2.75, 3.05) is 32.8 Å². The van der Waals surface area contributed by atoms with Gasteiger partial charge in [0.1, 0.15) is 12.0 Å². The van der Waals surface area contributed by atoms with Crippen LogP contribution in [0.25, 0.3) is 11.3 Å². The molecule has 1 fully saturated rings. The number of amides is 1. The third-order valence-electron chi connectivity index (χ3n) is 4.01. The summed E-state index contributed by atoms with van der Waals surface area (Å²) < 4.78 is 5.37. The zero-order valence-electron chi connectivity index (χ0n) is 14.6. The Labute approximate surface area is 147 Å². The average Bonchev–Trinajstić information content (AvgIpc) is 2.62. The highest BCUT2D eigenvalue weighted by atomic mass is 16.5. The second-order valence-electron chi connectivity index (χ2n) is 6.76. The highest BCUT2D eigenvalue weighted by Crippen LogP contribution is 2.15. The molecular weight excluding hydrogens is 318 g/mol. The van der Waals surface area contributed by atoms with Crippen molar-refractivity contribution >= 4 is 5.91 Å². The number of ether oxygens (including phenoxy) is 1. The molecule has 1 aliphatic rings. The van der Waals surface area contributed by atoms with Gasteiger partial charge in [-0.25, -0.2) is 15.0 Å². The van der Waals surface area contributed by atoms with E-state index in [9.17, 15) is 4.79 Å². The van der Waals surface area contributed by atoms with Crippen LogP contribution in [0.15, 0.2) is 36.9 Å². The van der Waals surface area contributed by atoms with Gasteiger partial charge in [-0.3, -0.25) is 9.69 Å². The van der Waals surface area contributed by atoms with Gasteiger partial charge in [-0.2, -0.15) is 0 Å². The number of hydrogen-bond acceptors (Lipinski definition) is 6. The fraction of sp³-hybridized carbons (Fsp3) is 0.444. The predicted molar refractivity (Wildman–Crippen MR) is 94.1 cm³/mol. The van der Waals surface area contributed by atoms with Crippen LogP contribution in [0.5, 0.6) is 0 Å². The van der Waals surface area contributed by atoms with Gasteiger partial charge in [-0.1, -0.05) is 6.07 Å². The van der Waals surface area contributed by atoms with E-state index in [2.05, 4.69) is 25.2 Å². The summed E-state index contributed by atoms with van der Waals surface area (Å²) in [4.78, 5) is 27.4. The van der Waals surface area contributed by atoms with E-state index in [0.717, 1.165) is 38.4 Å². The van der Waals surface area contributed by atoms with Gasteiger partial charge in [0.25, 0.3) is 5.91 Å². The van der Waals surface area contributed by atoms with Crippen molar-refractivity contribution in [1.29, 1.82) is 0 Å². The first-order valence-corrected chi connectivity index (χ1v) is 8.39. The molecular formula is C18H23N5O2. The number of pyridine rings is 1. The van der Waals surface area contributed by atoms with Crippen LogP contribution in [-0.4, -0.2) is 64.1 Å². The fourth-order valence-electron chi connectivity index (χ4n) is 2.88. The Morgan fingerprint density at radius 1 is 1.24 bits per heavy atom. The number of nitrogens with zero attached hydrogens (tertiary/aromatic N) is 4. The Morgan fingerprint density at radius 2 is 1.96 bits per heavy atom. The standard InChI is InChI=1S/C18H23N5O2/c1-18(2,12-23-6-8-25-9-7-23)22-17(24)16-5-3-4-15(21-16)14-10-19-13-20-11-14/h3-5,10-11,13H,6-9,12H2,1-2H3,(H,22,24). The summed E-state index contributed by atoms with van der Waals surface area (Å²) in [5.41, 5.74) is 1.49. The molecule has 2 aromatic heterocycles. The normalized spacial score (nSPS) is 15.8. The third kappa shape index (κ3) is 4.80. The van der Waals surface area contributed by atoms with Gasteiger partial charge in [0.05, 0.1) is 18.9 Å². The molecule has 3 heterocycles. The molecule has 25 heavy (non-hydrogen) atoms. The van der Waals surface area contributed by atoms with E-state index in [1.165, 1.54) is 6.33 Å². The van der Waals surface area contributed by atoms with Gasteiger partial charge in [0.15, 0.2) is 0 Å². The maximum absolute atomic E-state index is 12.6. The van der Waals surface area contributed by atoms with Crippen LogP contribution in [0.1, 0.15) is 24.3 Å². The molecule has 0 bridgehead atoms. The van der Waals surface area contributed by atoms with E-state index in [4.69, 9.17) is 4.74 Å². The highest BCUT2D eigenvalue weighted by molar-refractivity contribution is 5.93. The molecule has 3 rings (SSSR count). The van der Waals surface area contributed by atoms with E-state index in [1.807, 2.05) is 26.0 Å². The van der Waals surface area contributed by atoms with Gasteiger partial charge in [-0.15, -0.1) is 0 Å². The van der Waals surface area contributed by atoms with Crippen molar-refractivity contribution in [3.63, 3.8) is 0 Å². The smallest absolute Gasteiger partial charge is 0.270 e. The average molecular weight is 341 g/mol. The second kappa shape index (κ2) is 7.67. The number of rotatable bonds is 5. The summed E-state index contributed by atoms with van der Waals surface area (Å²) in [5.74, 6) is -0.183. The fourth-order valence-corrected chi connectivity index (χ4v) is 2.88. The molecule has 0 aliphatic carbocycles. The van der Waals surface area contributed by atoms with E-state index >= 15 is 0 Å². The number of carbonyl (C=O) groups is 1. The molecule has 0 spiro atoms. The van der Waals surface area contributed by atoms with Crippen LogP contribution in [0.3, 0.4) is 0 Å². The van der Waals surface area contributed by atoms with Crippen LogP contribution < -0.4 is 5.32 Å². The number of morpholine rings is 1. The molecule has 1 saturated heterocycles. The first-order valence-electron chi connectivity index (χ1n) is 8.39. The largest absolute Gasteiger partial charge is 0.379 e. The lowest BCUT2D eigenvalue weighted by atomic mass is 10.0. The third-order valence-corrected chi connectivity index (χ3v) is 4.01. The number of hydrogen-bond donors (Lipinski definition) is 1. The van der Waals surface area contributed by atoms with Gasteiger partial charge >= 0.3 is 0 Å². The number of carbonyl (C=O) groups excluding carboxylic acids is 1. The van der Waals surface area contributed by atoms with Gasteiger partial charge < -0.3 is 10.1 Å². The van der Waals surface area contributed by atoms with Crippen molar-refractivity contribution in [2.24, 2.45) is 0 Å². The van der Waals surface area contributed by atoms with Crippen LogP contribution in [0.2, 0.25) is 0 Å². The molecule has 1 amide bonds. The lowest BCUT2D eigenvalue weighted by Crippen LogP contribution is -2.53. The lowest BCUT2D eigenvalue weighted by Gasteiger charge is -2.35. The zero-order valence-corrected chi connectivity index (χ0v) is 14.6. The molecule has 1 N–H and O–H groups in total. The van der Waals surface area contributed by atoms with Crippen molar-refractivity contribution in [3.05, 3.63) is 42.6 Å². The molecule has 1 aliphatic heterocycles. The van der Waals surface area contributed by atoms with E-state index < -0.39 is 0 Å². The van der Waals surface area contributed by atoms with Crippen LogP contribution in [-0.2, 0) is 4.74 Å². The Bertz CT molecular complexity index is 714. The quantitative estimate of drug-likeness (QED) is 0.885. The Kier molecular flexibility index (Phi) is 5.35. The minimum atomic E-state index is -0.359. The zero-order chi connectivity index (χ0) is 17.7. The topological polar surface area (TPSA) is 80.2 Å². The predicted octanol–water partition coefficient (Wildman–Crippen LogP) is 1.38.